The average molecular weight is 296 g/mol. The van der Waals surface area contributed by atoms with Gasteiger partial charge in [0.1, 0.15) is 0 Å². The van der Waals surface area contributed by atoms with Crippen LogP contribution >= 0.6 is 0 Å². The SMILES string of the molecule is O=C(CCCn1c(=O)[nH][nH]c1=O)N1[C@@H]2CC[C@H]1CC(O)C2. The Balaban J connectivity index is 1.56. The number of aromatic nitrogens is 3. The zero-order valence-corrected chi connectivity index (χ0v) is 11.7. The van der Waals surface area contributed by atoms with Gasteiger partial charge in [0.25, 0.3) is 0 Å². The molecule has 2 saturated heterocycles. The number of fused-ring (bicyclic) bond motifs is 2. The van der Waals surface area contributed by atoms with Crippen LogP contribution in [0.5, 0.6) is 0 Å². The number of carbonyl (C=O) groups is 1. The molecule has 0 saturated carbocycles. The first-order valence-corrected chi connectivity index (χ1v) is 7.43. The molecular weight excluding hydrogens is 276 g/mol. The van der Waals surface area contributed by atoms with Gasteiger partial charge in [0.15, 0.2) is 0 Å². The van der Waals surface area contributed by atoms with Gasteiger partial charge in [-0.05, 0) is 32.1 Å². The molecule has 2 bridgehead atoms. The summed E-state index contributed by atoms with van der Waals surface area (Å²) in [7, 11) is 0. The largest absolute Gasteiger partial charge is 0.393 e. The molecule has 8 nitrogen and oxygen atoms in total. The summed E-state index contributed by atoms with van der Waals surface area (Å²) in [6, 6.07) is 0.314. The maximum absolute atomic E-state index is 12.3. The Morgan fingerprint density at radius 1 is 1.14 bits per heavy atom. The molecule has 116 valence electrons. The molecule has 2 fully saturated rings. The molecule has 1 aromatic rings. The lowest BCUT2D eigenvalue weighted by Crippen LogP contribution is -2.48. The quantitative estimate of drug-likeness (QED) is 0.672. The highest BCUT2D eigenvalue weighted by Gasteiger charge is 2.42. The maximum Gasteiger partial charge on any atom is 0.344 e. The molecule has 3 atom stereocenters. The Kier molecular flexibility index (Phi) is 3.71. The molecule has 1 amide bonds. The molecule has 0 aromatic carbocycles. The van der Waals surface area contributed by atoms with Gasteiger partial charge in [0.05, 0.1) is 6.10 Å². The Bertz CT molecular complexity index is 589. The number of carbonyl (C=O) groups excluding carboxylic acids is 1. The number of aliphatic hydroxyl groups excluding tert-OH is 1. The number of hydrogen-bond donors (Lipinski definition) is 3. The van der Waals surface area contributed by atoms with E-state index in [0.717, 1.165) is 17.4 Å². The number of H-pyrrole nitrogens is 2. The first-order chi connectivity index (χ1) is 10.1. The number of piperidine rings is 1. The molecule has 0 spiro atoms. The number of amides is 1. The lowest BCUT2D eigenvalue weighted by molar-refractivity contribution is -0.137. The molecule has 1 unspecified atom stereocenters. The highest BCUT2D eigenvalue weighted by atomic mass is 16.3. The summed E-state index contributed by atoms with van der Waals surface area (Å²) in [6.07, 6.45) is 3.74. The fraction of sp³-hybridized carbons (Fsp3) is 0.769. The minimum Gasteiger partial charge on any atom is -0.393 e. The van der Waals surface area contributed by atoms with Crippen molar-refractivity contribution in [3.05, 3.63) is 21.0 Å². The number of aliphatic hydroxyl groups is 1. The molecule has 0 radical (unpaired) electrons. The van der Waals surface area contributed by atoms with Crippen LogP contribution in [0.2, 0.25) is 0 Å². The first-order valence-electron chi connectivity index (χ1n) is 7.43. The molecule has 3 rings (SSSR count). The summed E-state index contributed by atoms with van der Waals surface area (Å²) in [4.78, 5) is 36.9. The second-order valence-corrected chi connectivity index (χ2v) is 5.93. The van der Waals surface area contributed by atoms with Gasteiger partial charge in [0.2, 0.25) is 5.91 Å². The zero-order valence-electron chi connectivity index (χ0n) is 11.7. The third kappa shape index (κ3) is 2.67. The van der Waals surface area contributed by atoms with Gasteiger partial charge in [-0.25, -0.2) is 24.4 Å². The summed E-state index contributed by atoms with van der Waals surface area (Å²) in [5, 5.41) is 14.2. The normalized spacial score (nSPS) is 28.0. The van der Waals surface area contributed by atoms with E-state index in [-0.39, 0.29) is 30.6 Å². The number of rotatable bonds is 4. The van der Waals surface area contributed by atoms with Gasteiger partial charge in [-0.1, -0.05) is 0 Å². The van der Waals surface area contributed by atoms with Crippen molar-refractivity contribution in [2.75, 3.05) is 0 Å². The lowest BCUT2D eigenvalue weighted by atomic mass is 9.99. The van der Waals surface area contributed by atoms with Crippen LogP contribution in [0, 0.1) is 0 Å². The van der Waals surface area contributed by atoms with Gasteiger partial charge in [-0.15, -0.1) is 0 Å². The van der Waals surface area contributed by atoms with Crippen LogP contribution in [0.25, 0.3) is 0 Å². The third-order valence-electron chi connectivity index (χ3n) is 4.54. The predicted octanol–water partition coefficient (Wildman–Crippen LogP) is -0.841. The van der Waals surface area contributed by atoms with Crippen molar-refractivity contribution < 1.29 is 9.90 Å². The number of aromatic amines is 2. The van der Waals surface area contributed by atoms with Gasteiger partial charge in [0, 0.05) is 25.0 Å². The van der Waals surface area contributed by atoms with Gasteiger partial charge in [-0.3, -0.25) is 4.79 Å². The monoisotopic (exact) mass is 296 g/mol. The highest BCUT2D eigenvalue weighted by Crippen LogP contribution is 2.36. The van der Waals surface area contributed by atoms with E-state index in [1.54, 1.807) is 0 Å². The molecule has 1 aromatic heterocycles. The van der Waals surface area contributed by atoms with Crippen molar-refractivity contribution in [3.63, 3.8) is 0 Å². The van der Waals surface area contributed by atoms with Gasteiger partial charge < -0.3 is 10.0 Å². The van der Waals surface area contributed by atoms with E-state index in [1.165, 1.54) is 0 Å². The number of nitrogens with one attached hydrogen (secondary N) is 2. The molecule has 21 heavy (non-hydrogen) atoms. The van der Waals surface area contributed by atoms with E-state index >= 15 is 0 Å². The zero-order chi connectivity index (χ0) is 15.0. The molecule has 3 N–H and O–H groups in total. The van der Waals surface area contributed by atoms with E-state index in [0.29, 0.717) is 25.7 Å². The summed E-state index contributed by atoms with van der Waals surface area (Å²) < 4.78 is 1.06. The minimum atomic E-state index is -0.478. The smallest absolute Gasteiger partial charge is 0.344 e. The second kappa shape index (κ2) is 5.51. The van der Waals surface area contributed by atoms with Crippen LogP contribution in [-0.4, -0.2) is 48.9 Å². The van der Waals surface area contributed by atoms with E-state index in [1.807, 2.05) is 4.90 Å². The predicted molar refractivity (Wildman–Crippen MR) is 73.8 cm³/mol. The average Bonchev–Trinajstić information content (AvgIpc) is 2.89. The van der Waals surface area contributed by atoms with E-state index in [9.17, 15) is 19.5 Å². The molecule has 0 aliphatic carbocycles. The van der Waals surface area contributed by atoms with Crippen LogP contribution in [0.3, 0.4) is 0 Å². The summed E-state index contributed by atoms with van der Waals surface area (Å²) in [5.41, 5.74) is -0.956. The maximum atomic E-state index is 12.3. The van der Waals surface area contributed by atoms with Crippen molar-refractivity contribution in [2.24, 2.45) is 0 Å². The summed E-state index contributed by atoms with van der Waals surface area (Å²) in [5.74, 6) is 0.0643. The van der Waals surface area contributed by atoms with Crippen LogP contribution in [0.1, 0.15) is 38.5 Å². The lowest BCUT2D eigenvalue weighted by Gasteiger charge is -2.37. The van der Waals surface area contributed by atoms with Crippen LogP contribution in [0.15, 0.2) is 9.59 Å². The molecule has 2 aliphatic heterocycles. The van der Waals surface area contributed by atoms with Gasteiger partial charge >= 0.3 is 11.4 Å². The summed E-state index contributed by atoms with van der Waals surface area (Å²) >= 11 is 0. The van der Waals surface area contributed by atoms with Crippen LogP contribution < -0.4 is 11.4 Å². The molecule has 8 heteroatoms. The van der Waals surface area contributed by atoms with Gasteiger partial charge in [-0.2, -0.15) is 0 Å². The first kappa shape index (κ1) is 14.1. The Morgan fingerprint density at radius 3 is 2.29 bits per heavy atom. The fourth-order valence-corrected chi connectivity index (χ4v) is 3.61. The molecular formula is C13H20N4O4. The Hall–Kier alpha value is -1.83. The highest BCUT2D eigenvalue weighted by molar-refractivity contribution is 5.77. The van der Waals surface area contributed by atoms with E-state index < -0.39 is 11.4 Å². The Morgan fingerprint density at radius 2 is 1.71 bits per heavy atom. The number of hydrogen-bond acceptors (Lipinski definition) is 4. The minimum absolute atomic E-state index is 0.0643. The molecule has 3 heterocycles. The van der Waals surface area contributed by atoms with E-state index in [2.05, 4.69) is 10.2 Å². The van der Waals surface area contributed by atoms with Crippen molar-refractivity contribution in [2.45, 2.75) is 63.3 Å². The van der Waals surface area contributed by atoms with Crippen LogP contribution in [-0.2, 0) is 11.3 Å². The summed E-state index contributed by atoms with van der Waals surface area (Å²) in [6.45, 7) is 0.231. The molecule has 2 aliphatic rings. The standard InChI is InChI=1S/C13H20N4O4/c18-10-6-8-3-4-9(7-10)17(8)11(19)2-1-5-16-12(20)14-15-13(16)21/h8-10,18H,1-7H2,(H,14,20)(H,15,21)/t8-,9+,10?. The van der Waals surface area contributed by atoms with E-state index in [4.69, 9.17) is 0 Å². The second-order valence-electron chi connectivity index (χ2n) is 5.93. The van der Waals surface area contributed by atoms with Crippen molar-refractivity contribution in [1.82, 2.24) is 19.7 Å². The Labute approximate surface area is 120 Å². The van der Waals surface area contributed by atoms with Crippen molar-refractivity contribution in [3.8, 4) is 0 Å². The fourth-order valence-electron chi connectivity index (χ4n) is 3.61. The van der Waals surface area contributed by atoms with Crippen molar-refractivity contribution in [1.29, 1.82) is 0 Å². The van der Waals surface area contributed by atoms with Crippen LogP contribution in [0.4, 0.5) is 0 Å². The number of nitrogens with zero attached hydrogens (tertiary/aromatic N) is 2. The topological polar surface area (TPSA) is 111 Å². The van der Waals surface area contributed by atoms with Crippen molar-refractivity contribution >= 4 is 5.91 Å². The third-order valence-corrected chi connectivity index (χ3v) is 4.54.